The Kier molecular flexibility index (Phi) is 6.43. The second-order valence-corrected chi connectivity index (χ2v) is 7.14. The molecule has 0 aliphatic rings. The van der Waals surface area contributed by atoms with Crippen molar-refractivity contribution >= 4 is 27.3 Å². The molecule has 0 bridgehead atoms. The van der Waals surface area contributed by atoms with Gasteiger partial charge in [0.2, 0.25) is 10.0 Å². The molecule has 108 valence electrons. The number of carboxylic acid groups (broad SMARTS) is 1. The van der Waals surface area contributed by atoms with Gasteiger partial charge in [0, 0.05) is 18.0 Å². The monoisotopic (exact) mass is 307 g/mol. The van der Waals surface area contributed by atoms with Crippen LogP contribution < -0.4 is 4.72 Å². The Hall–Kier alpha value is -0.960. The van der Waals surface area contributed by atoms with E-state index in [0.29, 0.717) is 24.3 Å². The molecule has 0 saturated heterocycles. The molecule has 8 heteroatoms. The van der Waals surface area contributed by atoms with Gasteiger partial charge in [0.05, 0.1) is 6.42 Å². The highest BCUT2D eigenvalue weighted by Gasteiger charge is 2.16. The summed E-state index contributed by atoms with van der Waals surface area (Å²) in [5.41, 5.74) is 0. The van der Waals surface area contributed by atoms with E-state index in [0.717, 1.165) is 17.8 Å². The summed E-state index contributed by atoms with van der Waals surface area (Å²) < 4.78 is 26.3. The van der Waals surface area contributed by atoms with Crippen molar-refractivity contribution in [3.05, 3.63) is 17.0 Å². The first-order valence-electron chi connectivity index (χ1n) is 5.87. The lowest BCUT2D eigenvalue weighted by Gasteiger charge is -2.03. The van der Waals surface area contributed by atoms with Crippen molar-refractivity contribution in [2.75, 3.05) is 13.2 Å². The van der Waals surface area contributed by atoms with Gasteiger partial charge in [-0.3, -0.25) is 4.79 Å². The number of rotatable bonds is 9. The number of sulfonamides is 1. The Labute approximate surface area is 116 Å². The van der Waals surface area contributed by atoms with Crippen LogP contribution in [0, 0.1) is 0 Å². The molecule has 0 aromatic carbocycles. The fraction of sp³-hybridized carbons (Fsp3) is 0.545. The number of aliphatic hydroxyl groups is 1. The zero-order chi connectivity index (χ0) is 14.3. The first-order valence-corrected chi connectivity index (χ1v) is 8.16. The Bertz CT molecular complexity index is 509. The second-order valence-electron chi connectivity index (χ2n) is 3.97. The third-order valence-corrected chi connectivity index (χ3v) is 5.39. The fourth-order valence-corrected chi connectivity index (χ4v) is 3.90. The molecule has 0 aliphatic heterocycles. The number of nitrogens with one attached hydrogen (secondary N) is 1. The van der Waals surface area contributed by atoms with Gasteiger partial charge in [0.15, 0.2) is 0 Å². The first kappa shape index (κ1) is 16.1. The van der Waals surface area contributed by atoms with E-state index >= 15 is 0 Å². The molecular weight excluding hydrogens is 290 g/mol. The van der Waals surface area contributed by atoms with Crippen LogP contribution in [0.15, 0.2) is 16.3 Å². The Balaban J connectivity index is 2.52. The number of carbonyl (C=O) groups is 1. The van der Waals surface area contributed by atoms with E-state index in [2.05, 4.69) is 4.72 Å². The van der Waals surface area contributed by atoms with Crippen molar-refractivity contribution in [2.45, 2.75) is 29.9 Å². The van der Waals surface area contributed by atoms with Crippen molar-refractivity contribution in [3.8, 4) is 0 Å². The summed E-state index contributed by atoms with van der Waals surface area (Å²) in [6, 6.07) is 2.93. The maximum absolute atomic E-state index is 11.9. The van der Waals surface area contributed by atoms with Gasteiger partial charge in [-0.15, -0.1) is 11.3 Å². The number of hydrogen-bond acceptors (Lipinski definition) is 5. The normalized spacial score (nSPS) is 11.6. The summed E-state index contributed by atoms with van der Waals surface area (Å²) in [5, 5.41) is 17.2. The highest BCUT2D eigenvalue weighted by atomic mass is 32.2. The molecule has 0 unspecified atom stereocenters. The quantitative estimate of drug-likeness (QED) is 0.586. The van der Waals surface area contributed by atoms with E-state index in [1.54, 1.807) is 0 Å². The zero-order valence-electron chi connectivity index (χ0n) is 10.3. The van der Waals surface area contributed by atoms with Gasteiger partial charge in [-0.25, -0.2) is 13.1 Å². The minimum Gasteiger partial charge on any atom is -0.481 e. The van der Waals surface area contributed by atoms with Gasteiger partial charge >= 0.3 is 5.97 Å². The fourth-order valence-electron chi connectivity index (χ4n) is 1.44. The van der Waals surface area contributed by atoms with Crippen LogP contribution in [0.2, 0.25) is 0 Å². The maximum Gasteiger partial charge on any atom is 0.308 e. The number of aliphatic hydroxyl groups excluding tert-OH is 1. The average molecular weight is 307 g/mol. The number of thiophene rings is 1. The molecule has 6 nitrogen and oxygen atoms in total. The van der Waals surface area contributed by atoms with E-state index in [-0.39, 0.29) is 17.2 Å². The molecule has 0 saturated carbocycles. The van der Waals surface area contributed by atoms with E-state index in [4.69, 9.17) is 10.2 Å². The lowest BCUT2D eigenvalue weighted by atomic mass is 10.2. The van der Waals surface area contributed by atoms with Gasteiger partial charge in [-0.1, -0.05) is 0 Å². The maximum atomic E-state index is 11.9. The number of unbranched alkanes of at least 4 members (excludes halogenated alkanes) is 2. The summed E-state index contributed by atoms with van der Waals surface area (Å²) >= 11 is 0.965. The summed E-state index contributed by atoms with van der Waals surface area (Å²) in [4.78, 5) is 11.0. The summed E-state index contributed by atoms with van der Waals surface area (Å²) in [6.45, 7) is 0.421. The van der Waals surface area contributed by atoms with Crippen LogP contribution in [0.3, 0.4) is 0 Å². The lowest BCUT2D eigenvalue weighted by molar-refractivity contribution is -0.136. The Morgan fingerprint density at radius 2 is 2.00 bits per heavy atom. The minimum atomic E-state index is -3.55. The van der Waals surface area contributed by atoms with Crippen molar-refractivity contribution in [1.29, 1.82) is 0 Å². The summed E-state index contributed by atoms with van der Waals surface area (Å²) in [5.74, 6) is -0.984. The molecule has 0 fully saturated rings. The number of hydrogen-bond donors (Lipinski definition) is 3. The molecule has 3 N–H and O–H groups in total. The van der Waals surface area contributed by atoms with Crippen molar-refractivity contribution < 1.29 is 23.4 Å². The van der Waals surface area contributed by atoms with Crippen molar-refractivity contribution in [1.82, 2.24) is 4.72 Å². The third-order valence-electron chi connectivity index (χ3n) is 2.35. The predicted octanol–water partition coefficient (Wildman–Crippen LogP) is 0.816. The highest BCUT2D eigenvalue weighted by molar-refractivity contribution is 7.91. The van der Waals surface area contributed by atoms with Crippen molar-refractivity contribution in [2.24, 2.45) is 0 Å². The van der Waals surface area contributed by atoms with Gasteiger partial charge in [0.25, 0.3) is 0 Å². The molecule has 19 heavy (non-hydrogen) atoms. The third kappa shape index (κ3) is 5.68. The van der Waals surface area contributed by atoms with Crippen LogP contribution >= 0.6 is 11.3 Å². The van der Waals surface area contributed by atoms with Gasteiger partial charge in [-0.2, -0.15) is 0 Å². The summed E-state index contributed by atoms with van der Waals surface area (Å²) in [7, 11) is -3.55. The van der Waals surface area contributed by atoms with E-state index < -0.39 is 16.0 Å². The van der Waals surface area contributed by atoms with Gasteiger partial charge in [0.1, 0.15) is 4.21 Å². The molecule has 0 radical (unpaired) electrons. The highest BCUT2D eigenvalue weighted by Crippen LogP contribution is 2.21. The number of carboxylic acids is 1. The molecule has 1 rings (SSSR count). The van der Waals surface area contributed by atoms with Crippen LogP contribution in [0.5, 0.6) is 0 Å². The van der Waals surface area contributed by atoms with Crippen molar-refractivity contribution in [3.63, 3.8) is 0 Å². The molecular formula is C11H17NO5S2. The van der Waals surface area contributed by atoms with E-state index in [1.165, 1.54) is 12.1 Å². The SMILES string of the molecule is O=C(O)Cc1ccc(S(=O)(=O)NCCCCCO)s1. The molecule has 1 heterocycles. The number of aliphatic carboxylic acids is 1. The minimum absolute atomic E-state index is 0.107. The van der Waals surface area contributed by atoms with Gasteiger partial charge in [-0.05, 0) is 31.4 Å². The van der Waals surface area contributed by atoms with Crippen LogP contribution in [0.1, 0.15) is 24.1 Å². The summed E-state index contributed by atoms with van der Waals surface area (Å²) in [6.07, 6.45) is 1.90. The molecule has 0 atom stereocenters. The van der Waals surface area contributed by atoms with Crippen LogP contribution in [-0.2, 0) is 21.2 Å². The predicted molar refractivity (Wildman–Crippen MR) is 71.8 cm³/mol. The van der Waals surface area contributed by atoms with E-state index in [9.17, 15) is 13.2 Å². The standard InChI is InChI=1S/C11H17NO5S2/c13-7-3-1-2-6-12-19(16,17)11-5-4-9(18-11)8-10(14)15/h4-5,12-13H,1-3,6-8H2,(H,14,15). The molecule has 1 aromatic rings. The van der Waals surface area contributed by atoms with Crippen LogP contribution in [-0.4, -0.2) is 37.8 Å². The van der Waals surface area contributed by atoms with Crippen LogP contribution in [0.4, 0.5) is 0 Å². The topological polar surface area (TPSA) is 104 Å². The van der Waals surface area contributed by atoms with Gasteiger partial charge < -0.3 is 10.2 Å². The largest absolute Gasteiger partial charge is 0.481 e. The average Bonchev–Trinajstić information content (AvgIpc) is 2.77. The Morgan fingerprint density at radius 3 is 2.63 bits per heavy atom. The van der Waals surface area contributed by atoms with E-state index in [1.807, 2.05) is 0 Å². The molecule has 0 aliphatic carbocycles. The smallest absolute Gasteiger partial charge is 0.308 e. The molecule has 0 spiro atoms. The Morgan fingerprint density at radius 1 is 1.26 bits per heavy atom. The molecule has 0 amide bonds. The lowest BCUT2D eigenvalue weighted by Crippen LogP contribution is -2.24. The second kappa shape index (κ2) is 7.59. The zero-order valence-corrected chi connectivity index (χ0v) is 12.0. The first-order chi connectivity index (χ1) is 8.95. The van der Waals surface area contributed by atoms with Crippen LogP contribution in [0.25, 0.3) is 0 Å². The molecule has 1 aromatic heterocycles.